The Morgan fingerprint density at radius 3 is 2.15 bits per heavy atom. The molecular weight excluding hydrogens is 348 g/mol. The Morgan fingerprint density at radius 1 is 1.19 bits per heavy atom. The van der Waals surface area contributed by atoms with Gasteiger partial charge in [-0.2, -0.15) is 5.26 Å². The molecule has 1 aromatic rings. The lowest BCUT2D eigenvalue weighted by Crippen LogP contribution is -2.15. The van der Waals surface area contributed by atoms with Crippen LogP contribution in [0, 0.1) is 47.1 Å². The van der Waals surface area contributed by atoms with Gasteiger partial charge < -0.3 is 4.74 Å². The molecule has 0 saturated heterocycles. The first-order chi connectivity index (χ1) is 12.6. The molecule has 5 heteroatoms. The van der Waals surface area contributed by atoms with Crippen LogP contribution in [-0.4, -0.2) is 5.97 Å². The van der Waals surface area contributed by atoms with Crippen molar-refractivity contribution in [3.8, 4) is 6.07 Å². The summed E-state index contributed by atoms with van der Waals surface area (Å²) in [5, 5.41) is 8.94. The van der Waals surface area contributed by atoms with Crippen molar-refractivity contribution in [3.63, 3.8) is 0 Å². The molecule has 2 rings (SSSR count). The first kappa shape index (κ1) is 21.1. The molecule has 2 atom stereocenters. The van der Waals surface area contributed by atoms with E-state index in [9.17, 15) is 13.6 Å². The zero-order chi connectivity index (χ0) is 20.5. The summed E-state index contributed by atoms with van der Waals surface area (Å²) in [6.45, 7) is 10.5. The van der Waals surface area contributed by atoms with Gasteiger partial charge in [0.05, 0.1) is 12.0 Å². The molecule has 27 heavy (non-hydrogen) atoms. The Morgan fingerprint density at radius 2 is 1.70 bits per heavy atom. The molecule has 1 aromatic carbocycles. The smallest absolute Gasteiger partial charge is 0.310 e. The van der Waals surface area contributed by atoms with E-state index >= 15 is 0 Å². The third-order valence-electron chi connectivity index (χ3n) is 5.75. The zero-order valence-electron chi connectivity index (χ0n) is 16.9. The van der Waals surface area contributed by atoms with E-state index in [-0.39, 0.29) is 29.4 Å². The second-order valence-corrected chi connectivity index (χ2v) is 7.79. The van der Waals surface area contributed by atoms with Crippen LogP contribution in [0.1, 0.15) is 56.9 Å². The number of halogens is 2. The van der Waals surface area contributed by atoms with E-state index in [1.165, 1.54) is 6.92 Å². The van der Waals surface area contributed by atoms with Crippen LogP contribution < -0.4 is 0 Å². The maximum absolute atomic E-state index is 14.5. The third kappa shape index (κ3) is 3.76. The van der Waals surface area contributed by atoms with Crippen molar-refractivity contribution in [1.29, 1.82) is 5.26 Å². The Labute approximate surface area is 160 Å². The second kappa shape index (κ2) is 7.80. The Bertz CT molecular complexity index is 803. The van der Waals surface area contributed by atoms with Crippen LogP contribution in [0.15, 0.2) is 11.6 Å². The highest BCUT2D eigenvalue weighted by Crippen LogP contribution is 2.59. The lowest BCUT2D eigenvalue weighted by molar-refractivity contribution is -0.147. The summed E-state index contributed by atoms with van der Waals surface area (Å²) in [7, 11) is 0. The molecule has 0 N–H and O–H groups in total. The van der Waals surface area contributed by atoms with Gasteiger partial charge >= 0.3 is 5.97 Å². The topological polar surface area (TPSA) is 50.1 Å². The number of nitrogens with zero attached hydrogens (tertiary/aromatic N) is 1. The van der Waals surface area contributed by atoms with Gasteiger partial charge in [0.25, 0.3) is 0 Å². The average Bonchev–Trinajstić information content (AvgIpc) is 3.17. The first-order valence-corrected chi connectivity index (χ1v) is 9.34. The minimum absolute atomic E-state index is 0.0132. The van der Waals surface area contributed by atoms with E-state index in [0.29, 0.717) is 35.1 Å². The predicted molar refractivity (Wildman–Crippen MR) is 99.8 cm³/mol. The molecule has 0 amide bonds. The van der Waals surface area contributed by atoms with E-state index in [4.69, 9.17) is 10.00 Å². The molecule has 0 bridgehead atoms. The number of esters is 1. The highest BCUT2D eigenvalue weighted by Gasteiger charge is 2.61. The summed E-state index contributed by atoms with van der Waals surface area (Å²) in [5.41, 5.74) is 1.54. The summed E-state index contributed by atoms with van der Waals surface area (Å²) >= 11 is 0. The van der Waals surface area contributed by atoms with Crippen LogP contribution >= 0.6 is 0 Å². The van der Waals surface area contributed by atoms with Crippen LogP contribution in [-0.2, 0) is 29.0 Å². The monoisotopic (exact) mass is 375 g/mol. The normalized spacial score (nSPS) is 20.9. The highest BCUT2D eigenvalue weighted by molar-refractivity contribution is 5.78. The maximum Gasteiger partial charge on any atom is 0.310 e. The Balaban J connectivity index is 2.25. The van der Waals surface area contributed by atoms with Gasteiger partial charge in [0, 0.05) is 16.7 Å². The number of allylic oxidation sites excluding steroid dienone is 2. The fourth-order valence-electron chi connectivity index (χ4n) is 3.89. The predicted octanol–water partition coefficient (Wildman–Crippen LogP) is 5.18. The van der Waals surface area contributed by atoms with Crippen LogP contribution in [0.3, 0.4) is 0 Å². The second-order valence-electron chi connectivity index (χ2n) is 7.79. The number of hydrogen-bond acceptors (Lipinski definition) is 3. The molecule has 1 aliphatic carbocycles. The molecule has 3 nitrogen and oxygen atoms in total. The summed E-state index contributed by atoms with van der Waals surface area (Å²) in [6.07, 6.45) is 2.59. The molecular formula is C22H27F2NO2. The number of rotatable bonds is 6. The van der Waals surface area contributed by atoms with Gasteiger partial charge in [-0.3, -0.25) is 4.79 Å². The van der Waals surface area contributed by atoms with Crippen LogP contribution in [0.4, 0.5) is 8.78 Å². The Hall–Kier alpha value is -2.22. The van der Waals surface area contributed by atoms with E-state index in [1.807, 2.05) is 13.8 Å². The molecule has 0 aromatic heterocycles. The minimum Gasteiger partial charge on any atom is -0.461 e. The fraction of sp³-hybridized carbons (Fsp3) is 0.545. The van der Waals surface area contributed by atoms with E-state index in [0.717, 1.165) is 0 Å². The van der Waals surface area contributed by atoms with Crippen molar-refractivity contribution in [2.75, 3.05) is 0 Å². The van der Waals surface area contributed by atoms with Gasteiger partial charge in [-0.1, -0.05) is 33.8 Å². The first-order valence-electron chi connectivity index (χ1n) is 9.34. The number of hydrogen-bond donors (Lipinski definition) is 0. The van der Waals surface area contributed by atoms with Crippen molar-refractivity contribution in [1.82, 2.24) is 0 Å². The van der Waals surface area contributed by atoms with Gasteiger partial charge in [-0.25, -0.2) is 8.78 Å². The average molecular weight is 375 g/mol. The van der Waals surface area contributed by atoms with Gasteiger partial charge in [0.2, 0.25) is 0 Å². The van der Waals surface area contributed by atoms with Crippen molar-refractivity contribution in [2.24, 2.45) is 17.3 Å². The molecule has 0 spiro atoms. The van der Waals surface area contributed by atoms with Crippen molar-refractivity contribution in [2.45, 2.75) is 61.0 Å². The zero-order valence-corrected chi connectivity index (χ0v) is 16.9. The summed E-state index contributed by atoms with van der Waals surface area (Å²) in [5.74, 6) is -1.92. The molecule has 0 unspecified atom stereocenters. The van der Waals surface area contributed by atoms with Crippen molar-refractivity contribution < 1.29 is 18.3 Å². The third-order valence-corrected chi connectivity index (χ3v) is 5.75. The highest BCUT2D eigenvalue weighted by atomic mass is 19.1. The van der Waals surface area contributed by atoms with E-state index < -0.39 is 17.6 Å². The van der Waals surface area contributed by atoms with Crippen LogP contribution in [0.2, 0.25) is 0 Å². The van der Waals surface area contributed by atoms with Crippen LogP contribution in [0.25, 0.3) is 0 Å². The summed E-state index contributed by atoms with van der Waals surface area (Å²) in [6, 6.07) is 2.06. The molecule has 146 valence electrons. The maximum atomic E-state index is 14.5. The Kier molecular flexibility index (Phi) is 6.09. The quantitative estimate of drug-likeness (QED) is 0.508. The van der Waals surface area contributed by atoms with Gasteiger partial charge in [0.1, 0.15) is 18.2 Å². The molecule has 1 aliphatic rings. The molecule has 0 heterocycles. The largest absolute Gasteiger partial charge is 0.461 e. The number of carbonyl (C=O) groups excluding carboxylic acids is 1. The van der Waals surface area contributed by atoms with E-state index in [1.54, 1.807) is 26.8 Å². The van der Waals surface area contributed by atoms with Gasteiger partial charge in [-0.15, -0.1) is 0 Å². The lowest BCUT2D eigenvalue weighted by atomic mass is 9.93. The summed E-state index contributed by atoms with van der Waals surface area (Å²) in [4.78, 5) is 12.6. The van der Waals surface area contributed by atoms with E-state index in [2.05, 4.69) is 6.07 Å². The van der Waals surface area contributed by atoms with Crippen molar-refractivity contribution >= 4 is 5.97 Å². The van der Waals surface area contributed by atoms with Crippen LogP contribution in [0.5, 0.6) is 0 Å². The number of benzene rings is 1. The lowest BCUT2D eigenvalue weighted by Gasteiger charge is -2.18. The standard InChI is InChI=1S/C22H27F2NO2/c1-7-14-16(15(8-2)20(24)13(4)19(14)23)11-27-21(26)18-17(22(18,5)6)9-12(3)10-25/h9,17-18H,7-8,11H2,1-6H3/t17-,18+/m1/s1. The number of carbonyl (C=O) groups is 1. The summed E-state index contributed by atoms with van der Waals surface area (Å²) < 4.78 is 34.5. The molecule has 1 saturated carbocycles. The number of ether oxygens (including phenoxy) is 1. The van der Waals surface area contributed by atoms with Gasteiger partial charge in [0.15, 0.2) is 0 Å². The van der Waals surface area contributed by atoms with Crippen molar-refractivity contribution in [3.05, 3.63) is 45.5 Å². The molecule has 1 fully saturated rings. The SMILES string of the molecule is CCc1c(F)c(C)c(F)c(CC)c1COC(=O)[C@@H]1[C@@H](C=C(C)C#N)C1(C)C. The number of nitriles is 1. The molecule has 0 radical (unpaired) electrons. The van der Waals surface area contributed by atoms with Gasteiger partial charge in [-0.05, 0) is 49.1 Å². The minimum atomic E-state index is -0.560. The fourth-order valence-corrected chi connectivity index (χ4v) is 3.89. The molecule has 0 aliphatic heterocycles.